The molecule has 0 fully saturated rings. The maximum atomic E-state index is 12.2. The van der Waals surface area contributed by atoms with E-state index in [1.807, 2.05) is 42.7 Å². The lowest BCUT2D eigenvalue weighted by Gasteiger charge is -2.12. The molecule has 1 atom stereocenters. The van der Waals surface area contributed by atoms with Gasteiger partial charge in [0.15, 0.2) is 5.16 Å². The molecular weight excluding hydrogens is 312 g/mol. The van der Waals surface area contributed by atoms with Crippen LogP contribution in [-0.4, -0.2) is 39.6 Å². The maximum Gasteiger partial charge on any atom is 0.233 e. The van der Waals surface area contributed by atoms with E-state index in [0.717, 1.165) is 10.7 Å². The van der Waals surface area contributed by atoms with Crippen LogP contribution in [0, 0.1) is 6.92 Å². The number of amides is 1. The highest BCUT2D eigenvalue weighted by atomic mass is 32.2. The van der Waals surface area contributed by atoms with Crippen molar-refractivity contribution in [3.05, 3.63) is 41.7 Å². The summed E-state index contributed by atoms with van der Waals surface area (Å²) in [6.45, 7) is 5.69. The number of rotatable bonds is 8. The number of benzene rings is 1. The highest BCUT2D eigenvalue weighted by molar-refractivity contribution is 8.00. The normalized spacial score (nSPS) is 12.1. The summed E-state index contributed by atoms with van der Waals surface area (Å²) in [5.74, 6) is -0.0168. The molecule has 0 aliphatic rings. The van der Waals surface area contributed by atoms with Crippen molar-refractivity contribution in [1.29, 1.82) is 0 Å². The van der Waals surface area contributed by atoms with Gasteiger partial charge in [0.1, 0.15) is 6.33 Å². The first-order valence-electron chi connectivity index (χ1n) is 7.47. The average molecular weight is 334 g/mol. The van der Waals surface area contributed by atoms with Crippen molar-refractivity contribution in [2.45, 2.75) is 37.3 Å². The number of carbonyl (C=O) groups excluding carboxylic acids is 1. The molecule has 0 spiro atoms. The Balaban J connectivity index is 1.85. The van der Waals surface area contributed by atoms with Crippen LogP contribution in [0.15, 0.2) is 35.7 Å². The molecule has 0 saturated heterocycles. The van der Waals surface area contributed by atoms with Crippen molar-refractivity contribution in [3.63, 3.8) is 0 Å². The Labute approximate surface area is 140 Å². The standard InChI is InChI=1S/C16H22N4O2S/c1-12-4-6-14(7-5-12)10-17-15(21)13(2)23-16-19-18-11-20(16)8-9-22-3/h4-7,11,13H,8-10H2,1-3H3,(H,17,21). The second-order valence-electron chi connectivity index (χ2n) is 5.26. The summed E-state index contributed by atoms with van der Waals surface area (Å²) in [6.07, 6.45) is 1.65. The average Bonchev–Trinajstić information content (AvgIpc) is 2.99. The number of methoxy groups -OCH3 is 1. The molecule has 1 N–H and O–H groups in total. The largest absolute Gasteiger partial charge is 0.383 e. The lowest BCUT2D eigenvalue weighted by molar-refractivity contribution is -0.120. The summed E-state index contributed by atoms with van der Waals surface area (Å²) in [6, 6.07) is 8.12. The first-order chi connectivity index (χ1) is 11.1. The number of carbonyl (C=O) groups is 1. The van der Waals surface area contributed by atoms with Crippen LogP contribution in [0.2, 0.25) is 0 Å². The van der Waals surface area contributed by atoms with E-state index in [4.69, 9.17) is 4.74 Å². The van der Waals surface area contributed by atoms with E-state index in [-0.39, 0.29) is 11.2 Å². The molecule has 1 heterocycles. The highest BCUT2D eigenvalue weighted by Crippen LogP contribution is 2.21. The van der Waals surface area contributed by atoms with Gasteiger partial charge in [-0.05, 0) is 19.4 Å². The van der Waals surface area contributed by atoms with Crippen LogP contribution in [0.4, 0.5) is 0 Å². The molecule has 0 saturated carbocycles. The molecule has 6 nitrogen and oxygen atoms in total. The van der Waals surface area contributed by atoms with Crippen molar-refractivity contribution in [2.24, 2.45) is 0 Å². The van der Waals surface area contributed by atoms with Crippen LogP contribution in [0.1, 0.15) is 18.1 Å². The number of hydrogen-bond donors (Lipinski definition) is 1. The van der Waals surface area contributed by atoms with E-state index in [0.29, 0.717) is 19.7 Å². The third kappa shape index (κ3) is 5.37. The highest BCUT2D eigenvalue weighted by Gasteiger charge is 2.17. The third-order valence-corrected chi connectivity index (χ3v) is 4.45. The van der Waals surface area contributed by atoms with Gasteiger partial charge in [0.2, 0.25) is 5.91 Å². The van der Waals surface area contributed by atoms with E-state index < -0.39 is 0 Å². The third-order valence-electron chi connectivity index (χ3n) is 3.36. The number of thioether (sulfide) groups is 1. The molecule has 1 aromatic carbocycles. The van der Waals surface area contributed by atoms with Crippen molar-refractivity contribution in [2.75, 3.05) is 13.7 Å². The van der Waals surface area contributed by atoms with Crippen molar-refractivity contribution in [1.82, 2.24) is 20.1 Å². The van der Waals surface area contributed by atoms with Crippen LogP contribution in [0.3, 0.4) is 0 Å². The molecule has 0 radical (unpaired) electrons. The minimum Gasteiger partial charge on any atom is -0.383 e. The minimum atomic E-state index is -0.244. The Morgan fingerprint density at radius 2 is 2.13 bits per heavy atom. The zero-order chi connectivity index (χ0) is 16.7. The van der Waals surface area contributed by atoms with Gasteiger partial charge in [-0.1, -0.05) is 41.6 Å². The Bertz CT molecular complexity index is 627. The first-order valence-corrected chi connectivity index (χ1v) is 8.34. The second kappa shape index (κ2) is 8.69. The number of aryl methyl sites for hydroxylation is 1. The van der Waals surface area contributed by atoms with Crippen LogP contribution >= 0.6 is 11.8 Å². The van der Waals surface area contributed by atoms with Crippen LogP contribution < -0.4 is 5.32 Å². The number of nitrogens with zero attached hydrogens (tertiary/aromatic N) is 3. The minimum absolute atomic E-state index is 0.0168. The molecule has 1 unspecified atom stereocenters. The van der Waals surface area contributed by atoms with Crippen molar-refractivity contribution >= 4 is 17.7 Å². The van der Waals surface area contributed by atoms with Gasteiger partial charge in [0.05, 0.1) is 11.9 Å². The molecule has 23 heavy (non-hydrogen) atoms. The summed E-state index contributed by atoms with van der Waals surface area (Å²) in [5.41, 5.74) is 2.30. The van der Waals surface area contributed by atoms with Crippen LogP contribution in [0.5, 0.6) is 0 Å². The SMILES string of the molecule is COCCn1cnnc1SC(C)C(=O)NCc1ccc(C)cc1. The molecule has 7 heteroatoms. The zero-order valence-corrected chi connectivity index (χ0v) is 14.5. The van der Waals surface area contributed by atoms with Gasteiger partial charge in [0, 0.05) is 20.2 Å². The lowest BCUT2D eigenvalue weighted by Crippen LogP contribution is -2.30. The fraction of sp³-hybridized carbons (Fsp3) is 0.438. The predicted octanol–water partition coefficient (Wildman–Crippen LogP) is 2.03. The summed E-state index contributed by atoms with van der Waals surface area (Å²) in [4.78, 5) is 12.2. The monoisotopic (exact) mass is 334 g/mol. The van der Waals surface area contributed by atoms with Gasteiger partial charge < -0.3 is 14.6 Å². The fourth-order valence-electron chi connectivity index (χ4n) is 1.93. The second-order valence-corrected chi connectivity index (χ2v) is 6.57. The molecule has 1 aromatic heterocycles. The van der Waals surface area contributed by atoms with Gasteiger partial charge in [-0.25, -0.2) is 0 Å². The number of aromatic nitrogens is 3. The lowest BCUT2D eigenvalue weighted by atomic mass is 10.1. The molecule has 2 rings (SSSR count). The summed E-state index contributed by atoms with van der Waals surface area (Å²) in [5, 5.41) is 11.4. The number of hydrogen-bond acceptors (Lipinski definition) is 5. The first kappa shape index (κ1) is 17.5. The van der Waals surface area contributed by atoms with Gasteiger partial charge in [-0.3, -0.25) is 4.79 Å². The Hall–Kier alpha value is -1.86. The molecule has 2 aromatic rings. The van der Waals surface area contributed by atoms with Gasteiger partial charge in [0.25, 0.3) is 0 Å². The van der Waals surface area contributed by atoms with E-state index in [2.05, 4.69) is 15.5 Å². The van der Waals surface area contributed by atoms with Crippen LogP contribution in [0.25, 0.3) is 0 Å². The topological polar surface area (TPSA) is 69.0 Å². The summed E-state index contributed by atoms with van der Waals surface area (Å²) < 4.78 is 6.94. The van der Waals surface area contributed by atoms with E-state index in [1.165, 1.54) is 17.3 Å². The zero-order valence-electron chi connectivity index (χ0n) is 13.7. The molecule has 1 amide bonds. The van der Waals surface area contributed by atoms with E-state index in [9.17, 15) is 4.79 Å². The van der Waals surface area contributed by atoms with Gasteiger partial charge in [-0.2, -0.15) is 0 Å². The van der Waals surface area contributed by atoms with Crippen molar-refractivity contribution < 1.29 is 9.53 Å². The molecule has 0 aliphatic carbocycles. The van der Waals surface area contributed by atoms with E-state index >= 15 is 0 Å². The Morgan fingerprint density at radius 1 is 1.39 bits per heavy atom. The Morgan fingerprint density at radius 3 is 2.83 bits per heavy atom. The maximum absolute atomic E-state index is 12.2. The quantitative estimate of drug-likeness (QED) is 0.748. The molecule has 0 aliphatic heterocycles. The van der Waals surface area contributed by atoms with Gasteiger partial charge in [-0.15, -0.1) is 10.2 Å². The number of nitrogens with one attached hydrogen (secondary N) is 1. The van der Waals surface area contributed by atoms with Crippen LogP contribution in [-0.2, 0) is 22.6 Å². The molecule has 0 bridgehead atoms. The summed E-state index contributed by atoms with van der Waals surface area (Å²) in [7, 11) is 1.65. The van der Waals surface area contributed by atoms with E-state index in [1.54, 1.807) is 13.4 Å². The molecule has 124 valence electrons. The van der Waals surface area contributed by atoms with Crippen molar-refractivity contribution in [3.8, 4) is 0 Å². The Kier molecular flexibility index (Phi) is 6.61. The molecular formula is C16H22N4O2S. The van der Waals surface area contributed by atoms with Gasteiger partial charge >= 0.3 is 0 Å². The fourth-order valence-corrected chi connectivity index (χ4v) is 2.80. The predicted molar refractivity (Wildman–Crippen MR) is 90.2 cm³/mol. The summed E-state index contributed by atoms with van der Waals surface area (Å²) >= 11 is 1.39. The smallest absolute Gasteiger partial charge is 0.233 e. The number of ether oxygens (including phenoxy) is 1.